The van der Waals surface area contributed by atoms with Crippen LogP contribution in [0.3, 0.4) is 0 Å². The van der Waals surface area contributed by atoms with Gasteiger partial charge >= 0.3 is 12.0 Å². The summed E-state index contributed by atoms with van der Waals surface area (Å²) in [5, 5.41) is 12.2. The molecule has 1 aliphatic rings. The van der Waals surface area contributed by atoms with Crippen LogP contribution < -0.4 is 5.32 Å². The van der Waals surface area contributed by atoms with E-state index in [1.54, 1.807) is 25.3 Å². The van der Waals surface area contributed by atoms with E-state index in [9.17, 15) is 14.7 Å². The molecule has 7 nitrogen and oxygen atoms in total. The van der Waals surface area contributed by atoms with Gasteiger partial charge in [0, 0.05) is 19.7 Å². The highest BCUT2D eigenvalue weighted by atomic mass is 16.5. The first-order chi connectivity index (χ1) is 11.3. The molecule has 1 aromatic rings. The summed E-state index contributed by atoms with van der Waals surface area (Å²) >= 11 is 0. The minimum atomic E-state index is -0.883. The highest BCUT2D eigenvalue weighted by Crippen LogP contribution is 2.30. The van der Waals surface area contributed by atoms with E-state index >= 15 is 0 Å². The van der Waals surface area contributed by atoms with Gasteiger partial charge in [-0.15, -0.1) is 0 Å². The third-order valence-corrected chi connectivity index (χ3v) is 4.20. The Balaban J connectivity index is 1.96. The number of carbonyl (C=O) groups is 2. The molecule has 24 heavy (non-hydrogen) atoms. The van der Waals surface area contributed by atoms with Crippen molar-refractivity contribution in [1.29, 1.82) is 0 Å². The summed E-state index contributed by atoms with van der Waals surface area (Å²) in [6.07, 6.45) is 2.00. The van der Waals surface area contributed by atoms with Gasteiger partial charge < -0.3 is 24.5 Å². The largest absolute Gasteiger partial charge is 0.481 e. The van der Waals surface area contributed by atoms with E-state index in [1.165, 1.54) is 4.90 Å². The Hall–Kier alpha value is -2.02. The first-order valence-electron chi connectivity index (χ1n) is 8.22. The predicted molar refractivity (Wildman–Crippen MR) is 87.6 cm³/mol. The molecule has 134 valence electrons. The smallest absolute Gasteiger partial charge is 0.318 e. The lowest BCUT2D eigenvalue weighted by molar-refractivity contribution is -0.147. The summed E-state index contributed by atoms with van der Waals surface area (Å²) in [6.45, 7) is 7.29. The van der Waals surface area contributed by atoms with Crippen LogP contribution in [0, 0.1) is 11.3 Å². The van der Waals surface area contributed by atoms with E-state index in [2.05, 4.69) is 19.2 Å². The second-order valence-corrected chi connectivity index (χ2v) is 6.99. The highest BCUT2D eigenvalue weighted by molar-refractivity contribution is 5.79. The van der Waals surface area contributed by atoms with Crippen molar-refractivity contribution in [2.45, 2.75) is 33.2 Å². The van der Waals surface area contributed by atoms with E-state index in [-0.39, 0.29) is 12.6 Å². The molecule has 1 aromatic heterocycles. The monoisotopic (exact) mass is 338 g/mol. The highest BCUT2D eigenvalue weighted by Gasteiger charge is 2.42. The fourth-order valence-electron chi connectivity index (χ4n) is 2.66. The molecule has 1 aliphatic heterocycles. The molecule has 0 aromatic carbocycles. The number of urea groups is 1. The molecule has 0 spiro atoms. The Bertz CT molecular complexity index is 557. The third-order valence-electron chi connectivity index (χ3n) is 4.20. The summed E-state index contributed by atoms with van der Waals surface area (Å²) in [5.41, 5.74) is -0.883. The van der Waals surface area contributed by atoms with Gasteiger partial charge in [0.25, 0.3) is 0 Å². The molecule has 1 saturated heterocycles. The molecule has 0 bridgehead atoms. The van der Waals surface area contributed by atoms with Crippen LogP contribution >= 0.6 is 0 Å². The molecule has 2 N–H and O–H groups in total. The Morgan fingerprint density at radius 1 is 1.46 bits per heavy atom. The van der Waals surface area contributed by atoms with E-state index in [1.807, 2.05) is 0 Å². The van der Waals surface area contributed by atoms with Gasteiger partial charge in [-0.3, -0.25) is 4.79 Å². The first kappa shape index (κ1) is 18.3. The Labute approximate surface area is 142 Å². The lowest BCUT2D eigenvalue weighted by atomic mass is 9.90. The maximum Gasteiger partial charge on any atom is 0.318 e. The Morgan fingerprint density at radius 2 is 2.21 bits per heavy atom. The van der Waals surface area contributed by atoms with Gasteiger partial charge in [-0.1, -0.05) is 13.8 Å². The fraction of sp³-hybridized carbons (Fsp3) is 0.647. The number of hydrogen-bond acceptors (Lipinski definition) is 4. The van der Waals surface area contributed by atoms with Crippen LogP contribution in [0.15, 0.2) is 22.8 Å². The van der Waals surface area contributed by atoms with Crippen molar-refractivity contribution < 1.29 is 23.8 Å². The quantitative estimate of drug-likeness (QED) is 0.797. The molecular weight excluding hydrogens is 312 g/mol. The van der Waals surface area contributed by atoms with E-state index < -0.39 is 17.4 Å². The van der Waals surface area contributed by atoms with Crippen LogP contribution in [-0.4, -0.2) is 48.3 Å². The fourth-order valence-corrected chi connectivity index (χ4v) is 2.66. The summed E-state index contributed by atoms with van der Waals surface area (Å²) in [5.74, 6) is 0.140. The minimum absolute atomic E-state index is 0.200. The van der Waals surface area contributed by atoms with Gasteiger partial charge in [0.1, 0.15) is 11.8 Å². The number of aliphatic carboxylic acids is 1. The van der Waals surface area contributed by atoms with Gasteiger partial charge in [0.2, 0.25) is 0 Å². The van der Waals surface area contributed by atoms with Crippen LogP contribution in [0.1, 0.15) is 39.0 Å². The van der Waals surface area contributed by atoms with Crippen LogP contribution in [0.5, 0.6) is 0 Å². The molecule has 0 aliphatic carbocycles. The number of carboxylic acid groups (broad SMARTS) is 1. The predicted octanol–water partition coefficient (Wildman–Crippen LogP) is 2.50. The normalized spacial score (nSPS) is 21.9. The van der Waals surface area contributed by atoms with Crippen LogP contribution in [0.25, 0.3) is 0 Å². The van der Waals surface area contributed by atoms with E-state index in [4.69, 9.17) is 9.15 Å². The number of nitrogens with one attached hydrogen (secondary N) is 1. The molecule has 2 atom stereocenters. The summed E-state index contributed by atoms with van der Waals surface area (Å²) in [4.78, 5) is 25.3. The van der Waals surface area contributed by atoms with Gasteiger partial charge in [0.15, 0.2) is 0 Å². The van der Waals surface area contributed by atoms with Crippen molar-refractivity contribution in [3.63, 3.8) is 0 Å². The zero-order valence-corrected chi connectivity index (χ0v) is 14.4. The second kappa shape index (κ2) is 7.70. The second-order valence-electron chi connectivity index (χ2n) is 6.99. The lowest BCUT2D eigenvalue weighted by Gasteiger charge is -2.24. The van der Waals surface area contributed by atoms with Crippen molar-refractivity contribution in [2.24, 2.45) is 11.3 Å². The maximum absolute atomic E-state index is 12.5. The van der Waals surface area contributed by atoms with Crippen LogP contribution in [0.2, 0.25) is 0 Å². The molecule has 2 rings (SSSR count). The van der Waals surface area contributed by atoms with Crippen LogP contribution in [0.4, 0.5) is 4.79 Å². The maximum atomic E-state index is 12.5. The Morgan fingerprint density at radius 3 is 2.75 bits per heavy atom. The number of likely N-dealkylation sites (tertiary alicyclic amines) is 1. The first-order valence-corrected chi connectivity index (χ1v) is 8.22. The molecule has 7 heteroatoms. The van der Waals surface area contributed by atoms with Gasteiger partial charge in [-0.05, 0) is 31.4 Å². The number of carbonyl (C=O) groups excluding carboxylic acids is 1. The molecule has 0 saturated carbocycles. The van der Waals surface area contributed by atoms with Gasteiger partial charge in [-0.2, -0.15) is 0 Å². The lowest BCUT2D eigenvalue weighted by Crippen LogP contribution is -2.43. The number of rotatable bonds is 7. The summed E-state index contributed by atoms with van der Waals surface area (Å²) < 4.78 is 11.0. The summed E-state index contributed by atoms with van der Waals surface area (Å²) in [7, 11) is 0. The molecule has 1 fully saturated rings. The van der Waals surface area contributed by atoms with Crippen molar-refractivity contribution in [2.75, 3.05) is 26.3 Å². The van der Waals surface area contributed by atoms with E-state index in [0.29, 0.717) is 37.9 Å². The minimum Gasteiger partial charge on any atom is -0.481 e. The van der Waals surface area contributed by atoms with Gasteiger partial charge in [0.05, 0.1) is 18.3 Å². The van der Waals surface area contributed by atoms with Crippen molar-refractivity contribution in [1.82, 2.24) is 10.2 Å². The van der Waals surface area contributed by atoms with E-state index in [0.717, 1.165) is 0 Å². The SMILES string of the molecule is CC(C)COCC(NC(=O)N1CCC(C)(C(=O)O)C1)c1ccco1. The zero-order chi connectivity index (χ0) is 17.7. The van der Waals surface area contributed by atoms with Crippen molar-refractivity contribution in [3.05, 3.63) is 24.2 Å². The molecule has 2 amide bonds. The zero-order valence-electron chi connectivity index (χ0n) is 14.4. The average molecular weight is 338 g/mol. The molecule has 2 unspecified atom stereocenters. The number of hydrogen-bond donors (Lipinski definition) is 2. The molecule has 2 heterocycles. The van der Waals surface area contributed by atoms with Crippen molar-refractivity contribution in [3.8, 4) is 0 Å². The van der Waals surface area contributed by atoms with Crippen molar-refractivity contribution >= 4 is 12.0 Å². The Kier molecular flexibility index (Phi) is 5.88. The number of ether oxygens (including phenoxy) is 1. The molecular formula is C17H26N2O5. The van der Waals surface area contributed by atoms with Gasteiger partial charge in [-0.25, -0.2) is 4.79 Å². The van der Waals surface area contributed by atoms with Crippen LogP contribution in [-0.2, 0) is 9.53 Å². The number of amides is 2. The third kappa shape index (κ3) is 4.50. The standard InChI is InChI=1S/C17H26N2O5/c1-12(2)9-23-10-13(14-5-4-8-24-14)18-16(22)19-7-6-17(3,11-19)15(20)21/h4-5,8,12-13H,6-7,9-11H2,1-3H3,(H,18,22)(H,20,21). The molecule has 0 radical (unpaired) electrons. The topological polar surface area (TPSA) is 92.0 Å². The number of nitrogens with zero attached hydrogens (tertiary/aromatic N) is 1. The average Bonchev–Trinajstić information content (AvgIpc) is 3.16. The summed E-state index contributed by atoms with van der Waals surface area (Å²) in [6, 6.07) is 2.85. The number of carboxylic acids is 1. The number of furan rings is 1.